The van der Waals surface area contributed by atoms with E-state index in [1.54, 1.807) is 6.20 Å². The minimum absolute atomic E-state index is 0.0248. The second-order valence-electron chi connectivity index (χ2n) is 5.54. The molecule has 0 amide bonds. The van der Waals surface area contributed by atoms with Gasteiger partial charge in [-0.25, -0.2) is 4.68 Å². The van der Waals surface area contributed by atoms with Gasteiger partial charge in [0.05, 0.1) is 28.7 Å². The van der Waals surface area contributed by atoms with Gasteiger partial charge in [0, 0.05) is 11.6 Å². The van der Waals surface area contributed by atoms with Crippen molar-refractivity contribution in [1.82, 2.24) is 14.8 Å². The molecule has 2 N–H and O–H groups in total. The molecule has 0 aliphatic carbocycles. The highest BCUT2D eigenvalue weighted by Crippen LogP contribution is 2.25. The standard InChI is InChI=1S/C18H15N3O2/c1-11-12(10-22)7-8-14-16(11)19-9-15-17(14)20-21(18(15)23)13-5-3-2-4-6-13/h2-9,20,22H,10H2,1H3. The molecule has 2 aromatic heterocycles. The molecule has 0 spiro atoms. The van der Waals surface area contributed by atoms with Crippen LogP contribution in [0.1, 0.15) is 11.1 Å². The molecule has 5 heteroatoms. The van der Waals surface area contributed by atoms with E-state index < -0.39 is 0 Å². The Morgan fingerprint density at radius 3 is 2.65 bits per heavy atom. The number of rotatable bonds is 2. The van der Waals surface area contributed by atoms with E-state index in [9.17, 15) is 9.90 Å². The summed E-state index contributed by atoms with van der Waals surface area (Å²) in [6, 6.07) is 13.2. The maximum absolute atomic E-state index is 12.6. The first-order chi connectivity index (χ1) is 11.2. The van der Waals surface area contributed by atoms with Gasteiger partial charge in [-0.15, -0.1) is 0 Å². The number of aryl methyl sites for hydroxylation is 1. The van der Waals surface area contributed by atoms with E-state index in [2.05, 4.69) is 10.1 Å². The van der Waals surface area contributed by atoms with Gasteiger partial charge in [0.15, 0.2) is 0 Å². The van der Waals surface area contributed by atoms with Gasteiger partial charge in [0.2, 0.25) is 0 Å². The van der Waals surface area contributed by atoms with Crippen LogP contribution in [0.2, 0.25) is 0 Å². The van der Waals surface area contributed by atoms with Crippen LogP contribution in [-0.4, -0.2) is 19.9 Å². The summed E-state index contributed by atoms with van der Waals surface area (Å²) in [6.07, 6.45) is 1.60. The molecule has 2 aromatic carbocycles. The van der Waals surface area contributed by atoms with E-state index in [-0.39, 0.29) is 12.2 Å². The minimum atomic E-state index is -0.121. The number of hydrogen-bond acceptors (Lipinski definition) is 3. The average Bonchev–Trinajstić information content (AvgIpc) is 2.93. The number of H-pyrrole nitrogens is 1. The molecule has 0 radical (unpaired) electrons. The summed E-state index contributed by atoms with van der Waals surface area (Å²) in [7, 11) is 0. The Hall–Kier alpha value is -2.92. The van der Waals surface area contributed by atoms with E-state index in [1.165, 1.54) is 4.68 Å². The van der Waals surface area contributed by atoms with Crippen molar-refractivity contribution in [2.45, 2.75) is 13.5 Å². The summed E-state index contributed by atoms with van der Waals surface area (Å²) in [6.45, 7) is 1.90. The summed E-state index contributed by atoms with van der Waals surface area (Å²) in [4.78, 5) is 17.1. The van der Waals surface area contributed by atoms with Crippen LogP contribution in [0.15, 0.2) is 53.5 Å². The van der Waals surface area contributed by atoms with Crippen molar-refractivity contribution in [3.8, 4) is 5.69 Å². The number of aromatic amines is 1. The van der Waals surface area contributed by atoms with E-state index in [0.717, 1.165) is 33.2 Å². The summed E-state index contributed by atoms with van der Waals surface area (Å²) in [5.41, 5.74) is 3.99. The van der Waals surface area contributed by atoms with Crippen molar-refractivity contribution >= 4 is 21.8 Å². The van der Waals surface area contributed by atoms with Crippen LogP contribution in [0.3, 0.4) is 0 Å². The fraction of sp³-hybridized carbons (Fsp3) is 0.111. The zero-order chi connectivity index (χ0) is 16.0. The highest BCUT2D eigenvalue weighted by molar-refractivity contribution is 6.04. The lowest BCUT2D eigenvalue weighted by Crippen LogP contribution is -2.13. The van der Waals surface area contributed by atoms with Crippen LogP contribution in [0.5, 0.6) is 0 Å². The molecule has 5 nitrogen and oxygen atoms in total. The third kappa shape index (κ3) is 1.98. The molecule has 0 aliphatic rings. The Kier molecular flexibility index (Phi) is 3.02. The van der Waals surface area contributed by atoms with Crippen molar-refractivity contribution in [3.63, 3.8) is 0 Å². The zero-order valence-electron chi connectivity index (χ0n) is 12.6. The van der Waals surface area contributed by atoms with Crippen LogP contribution < -0.4 is 5.56 Å². The van der Waals surface area contributed by atoms with E-state index in [4.69, 9.17) is 0 Å². The van der Waals surface area contributed by atoms with E-state index in [0.29, 0.717) is 5.39 Å². The number of para-hydroxylation sites is 1. The smallest absolute Gasteiger partial charge is 0.280 e. The molecule has 114 valence electrons. The molecule has 0 saturated carbocycles. The van der Waals surface area contributed by atoms with Crippen molar-refractivity contribution in [3.05, 3.63) is 70.1 Å². The van der Waals surface area contributed by atoms with Crippen LogP contribution in [0.25, 0.3) is 27.5 Å². The highest BCUT2D eigenvalue weighted by Gasteiger charge is 2.13. The SMILES string of the molecule is Cc1c(CO)ccc2c1ncc1c(=O)n(-c3ccccc3)[nH]c12. The first kappa shape index (κ1) is 13.7. The molecule has 0 atom stereocenters. The summed E-state index contributed by atoms with van der Waals surface area (Å²) in [5.74, 6) is 0. The van der Waals surface area contributed by atoms with Crippen LogP contribution in [0.4, 0.5) is 0 Å². The Morgan fingerprint density at radius 2 is 1.91 bits per heavy atom. The number of nitrogens with one attached hydrogen (secondary N) is 1. The normalized spacial score (nSPS) is 11.4. The van der Waals surface area contributed by atoms with Crippen molar-refractivity contribution in [1.29, 1.82) is 0 Å². The summed E-state index contributed by atoms with van der Waals surface area (Å²) < 4.78 is 1.53. The fourth-order valence-electron chi connectivity index (χ4n) is 2.94. The van der Waals surface area contributed by atoms with Crippen LogP contribution >= 0.6 is 0 Å². The number of aromatic nitrogens is 3. The lowest BCUT2D eigenvalue weighted by molar-refractivity contribution is 0.281. The average molecular weight is 305 g/mol. The third-order valence-electron chi connectivity index (χ3n) is 4.25. The maximum Gasteiger partial charge on any atom is 0.280 e. The molecular weight excluding hydrogens is 290 g/mol. The lowest BCUT2D eigenvalue weighted by Gasteiger charge is -2.06. The predicted molar refractivity (Wildman–Crippen MR) is 89.9 cm³/mol. The van der Waals surface area contributed by atoms with Crippen molar-refractivity contribution in [2.24, 2.45) is 0 Å². The van der Waals surface area contributed by atoms with E-state index >= 15 is 0 Å². The molecule has 0 saturated heterocycles. The minimum Gasteiger partial charge on any atom is -0.392 e. The van der Waals surface area contributed by atoms with Crippen LogP contribution in [0, 0.1) is 6.92 Å². The molecule has 0 unspecified atom stereocenters. The highest BCUT2D eigenvalue weighted by atomic mass is 16.3. The molecule has 4 aromatic rings. The topological polar surface area (TPSA) is 70.9 Å². The largest absolute Gasteiger partial charge is 0.392 e. The zero-order valence-corrected chi connectivity index (χ0v) is 12.6. The molecule has 0 bridgehead atoms. The quantitative estimate of drug-likeness (QED) is 0.598. The monoisotopic (exact) mass is 305 g/mol. The van der Waals surface area contributed by atoms with Gasteiger partial charge in [-0.3, -0.25) is 14.9 Å². The maximum atomic E-state index is 12.6. The second kappa shape index (κ2) is 5.07. The van der Waals surface area contributed by atoms with Crippen molar-refractivity contribution < 1.29 is 5.11 Å². The number of fused-ring (bicyclic) bond motifs is 3. The number of nitrogens with zero attached hydrogens (tertiary/aromatic N) is 2. The molecule has 0 fully saturated rings. The first-order valence-electron chi connectivity index (χ1n) is 7.39. The molecule has 23 heavy (non-hydrogen) atoms. The number of hydrogen-bond donors (Lipinski definition) is 2. The van der Waals surface area contributed by atoms with Gasteiger partial charge in [0.25, 0.3) is 5.56 Å². The second-order valence-corrected chi connectivity index (χ2v) is 5.54. The first-order valence-corrected chi connectivity index (χ1v) is 7.39. The molecular formula is C18H15N3O2. The number of aliphatic hydroxyl groups excluding tert-OH is 1. The molecule has 4 rings (SSSR count). The van der Waals surface area contributed by atoms with E-state index in [1.807, 2.05) is 49.4 Å². The number of aliphatic hydroxyl groups is 1. The van der Waals surface area contributed by atoms with Gasteiger partial charge < -0.3 is 5.11 Å². The summed E-state index contributed by atoms with van der Waals surface area (Å²) in [5, 5.41) is 14.0. The Morgan fingerprint density at radius 1 is 1.13 bits per heavy atom. The Bertz CT molecular complexity index is 1080. The summed E-state index contributed by atoms with van der Waals surface area (Å²) >= 11 is 0. The Labute approximate surface area is 131 Å². The van der Waals surface area contributed by atoms with Gasteiger partial charge in [0.1, 0.15) is 0 Å². The fourth-order valence-corrected chi connectivity index (χ4v) is 2.94. The number of benzene rings is 2. The van der Waals surface area contributed by atoms with Gasteiger partial charge in [-0.1, -0.05) is 30.3 Å². The van der Waals surface area contributed by atoms with Crippen molar-refractivity contribution in [2.75, 3.05) is 0 Å². The van der Waals surface area contributed by atoms with Crippen LogP contribution in [-0.2, 0) is 6.61 Å². The lowest BCUT2D eigenvalue weighted by atomic mass is 10.0. The third-order valence-corrected chi connectivity index (χ3v) is 4.25. The van der Waals surface area contributed by atoms with Gasteiger partial charge >= 0.3 is 0 Å². The molecule has 2 heterocycles. The Balaban J connectivity index is 2.08. The predicted octanol–water partition coefficient (Wildman–Crippen LogP) is 2.67. The van der Waals surface area contributed by atoms with Gasteiger partial charge in [-0.2, -0.15) is 0 Å². The number of pyridine rings is 1. The van der Waals surface area contributed by atoms with Gasteiger partial charge in [-0.05, 0) is 30.2 Å². The molecule has 0 aliphatic heterocycles.